The molecule has 0 aliphatic heterocycles. The molecule has 0 amide bonds. The molecule has 0 atom stereocenters. The Balaban J connectivity index is 1.70. The van der Waals surface area contributed by atoms with Crippen molar-refractivity contribution < 1.29 is 0 Å². The van der Waals surface area contributed by atoms with Gasteiger partial charge in [-0.2, -0.15) is 0 Å². The van der Waals surface area contributed by atoms with Crippen LogP contribution < -0.4 is 5.73 Å². The first kappa shape index (κ1) is 12.2. The van der Waals surface area contributed by atoms with E-state index >= 15 is 0 Å². The van der Waals surface area contributed by atoms with E-state index in [0.29, 0.717) is 12.5 Å². The second-order valence-electron chi connectivity index (χ2n) is 5.90. The molecule has 2 saturated carbocycles. The van der Waals surface area contributed by atoms with Crippen molar-refractivity contribution in [3.8, 4) is 0 Å². The van der Waals surface area contributed by atoms with Crippen LogP contribution in [0.15, 0.2) is 0 Å². The fourth-order valence-corrected chi connectivity index (χ4v) is 3.05. The smallest absolute Gasteiger partial charge is 0.0874 e. The highest BCUT2D eigenvalue weighted by Crippen LogP contribution is 2.38. The summed E-state index contributed by atoms with van der Waals surface area (Å²) in [5.74, 6) is 1.66. The molecule has 0 aromatic carbocycles. The summed E-state index contributed by atoms with van der Waals surface area (Å²) < 4.78 is 2.19. The molecule has 3 rings (SSSR count). The molecule has 0 unspecified atom stereocenters. The molecule has 2 fully saturated rings. The lowest BCUT2D eigenvalue weighted by atomic mass is 9.81. The Morgan fingerprint density at radius 3 is 2.50 bits per heavy atom. The second-order valence-corrected chi connectivity index (χ2v) is 5.90. The summed E-state index contributed by atoms with van der Waals surface area (Å²) in [6, 6.07) is 0. The lowest BCUT2D eigenvalue weighted by Gasteiger charge is -2.28. The van der Waals surface area contributed by atoms with Crippen LogP contribution >= 0.6 is 0 Å². The molecule has 1 aromatic heterocycles. The van der Waals surface area contributed by atoms with E-state index in [1.807, 2.05) is 0 Å². The number of rotatable bonds is 6. The summed E-state index contributed by atoms with van der Waals surface area (Å²) in [6.07, 6.45) is 10.4. The molecule has 0 radical (unpaired) electrons. The van der Waals surface area contributed by atoms with Crippen molar-refractivity contribution >= 4 is 0 Å². The number of aromatic nitrogens is 3. The van der Waals surface area contributed by atoms with Crippen molar-refractivity contribution in [1.29, 1.82) is 0 Å². The Labute approximate surface area is 109 Å². The highest BCUT2D eigenvalue weighted by molar-refractivity contribution is 5.18. The fraction of sp³-hybridized carbons (Fsp3) is 0.857. The second kappa shape index (κ2) is 5.39. The largest absolute Gasteiger partial charge is 0.330 e. The lowest BCUT2D eigenvalue weighted by molar-refractivity contribution is 0.271. The van der Waals surface area contributed by atoms with E-state index in [9.17, 15) is 0 Å². The molecule has 0 saturated heterocycles. The van der Waals surface area contributed by atoms with Gasteiger partial charge in [0.25, 0.3) is 0 Å². The summed E-state index contributed by atoms with van der Waals surface area (Å²) >= 11 is 0. The first-order valence-electron chi connectivity index (χ1n) is 7.51. The van der Waals surface area contributed by atoms with Crippen LogP contribution in [0.4, 0.5) is 0 Å². The van der Waals surface area contributed by atoms with Gasteiger partial charge in [0, 0.05) is 18.9 Å². The van der Waals surface area contributed by atoms with Gasteiger partial charge in [-0.1, -0.05) is 30.9 Å². The maximum atomic E-state index is 5.67. The maximum Gasteiger partial charge on any atom is 0.0874 e. The first-order chi connectivity index (χ1) is 8.88. The minimum atomic E-state index is 0.682. The molecule has 4 nitrogen and oxygen atoms in total. The number of aryl methyl sites for hydroxylation is 1. The summed E-state index contributed by atoms with van der Waals surface area (Å²) in [4.78, 5) is 0. The van der Waals surface area contributed by atoms with Gasteiger partial charge in [0.05, 0.1) is 11.4 Å². The SMILES string of the molecule is NCCc1nnn(CCC2CCC2)c1C1CCC1. The summed E-state index contributed by atoms with van der Waals surface area (Å²) in [5, 5.41) is 8.74. The summed E-state index contributed by atoms with van der Waals surface area (Å²) in [5.41, 5.74) is 8.25. The van der Waals surface area contributed by atoms with Crippen LogP contribution in [0.1, 0.15) is 62.3 Å². The molecule has 2 N–H and O–H groups in total. The molecular formula is C14H24N4. The quantitative estimate of drug-likeness (QED) is 0.840. The molecule has 1 heterocycles. The van der Waals surface area contributed by atoms with Gasteiger partial charge >= 0.3 is 0 Å². The third-order valence-corrected chi connectivity index (χ3v) is 4.69. The van der Waals surface area contributed by atoms with Crippen molar-refractivity contribution in [2.75, 3.05) is 6.54 Å². The fourth-order valence-electron chi connectivity index (χ4n) is 3.05. The highest BCUT2D eigenvalue weighted by atomic mass is 15.4. The van der Waals surface area contributed by atoms with Crippen molar-refractivity contribution in [2.24, 2.45) is 11.7 Å². The molecule has 2 aliphatic rings. The van der Waals surface area contributed by atoms with E-state index in [1.165, 1.54) is 50.6 Å². The van der Waals surface area contributed by atoms with E-state index in [1.54, 1.807) is 0 Å². The van der Waals surface area contributed by atoms with Gasteiger partial charge in [-0.15, -0.1) is 5.10 Å². The van der Waals surface area contributed by atoms with Gasteiger partial charge in [0.2, 0.25) is 0 Å². The van der Waals surface area contributed by atoms with Crippen LogP contribution in [-0.4, -0.2) is 21.5 Å². The Morgan fingerprint density at radius 1 is 1.17 bits per heavy atom. The van der Waals surface area contributed by atoms with Gasteiger partial charge in [0.15, 0.2) is 0 Å². The van der Waals surface area contributed by atoms with Crippen LogP contribution in [-0.2, 0) is 13.0 Å². The summed E-state index contributed by atoms with van der Waals surface area (Å²) in [7, 11) is 0. The van der Waals surface area contributed by atoms with Crippen LogP contribution in [0.2, 0.25) is 0 Å². The average molecular weight is 248 g/mol. The zero-order valence-electron chi connectivity index (χ0n) is 11.1. The minimum Gasteiger partial charge on any atom is -0.330 e. The Hall–Kier alpha value is -0.900. The third-order valence-electron chi connectivity index (χ3n) is 4.69. The molecule has 4 heteroatoms. The Kier molecular flexibility index (Phi) is 3.64. The first-order valence-corrected chi connectivity index (χ1v) is 7.51. The lowest BCUT2D eigenvalue weighted by Crippen LogP contribution is -2.20. The molecule has 1 aromatic rings. The monoisotopic (exact) mass is 248 g/mol. The van der Waals surface area contributed by atoms with Crippen molar-refractivity contribution in [3.63, 3.8) is 0 Å². The maximum absolute atomic E-state index is 5.67. The zero-order valence-corrected chi connectivity index (χ0v) is 11.1. The molecule has 2 aliphatic carbocycles. The standard InChI is InChI=1S/C14H24N4/c15-9-7-13-14(12-5-2-6-12)18(17-16-13)10-8-11-3-1-4-11/h11-12H,1-10,15H2. The number of hydrogen-bond acceptors (Lipinski definition) is 3. The third kappa shape index (κ3) is 2.30. The minimum absolute atomic E-state index is 0.682. The highest BCUT2D eigenvalue weighted by Gasteiger charge is 2.27. The number of nitrogens with zero attached hydrogens (tertiary/aromatic N) is 3. The van der Waals surface area contributed by atoms with Crippen LogP contribution in [0.25, 0.3) is 0 Å². The number of nitrogens with two attached hydrogens (primary N) is 1. The van der Waals surface area contributed by atoms with Gasteiger partial charge in [-0.25, -0.2) is 4.68 Å². The van der Waals surface area contributed by atoms with Crippen molar-refractivity contribution in [3.05, 3.63) is 11.4 Å². The van der Waals surface area contributed by atoms with Crippen molar-refractivity contribution in [1.82, 2.24) is 15.0 Å². The summed E-state index contributed by atoms with van der Waals surface area (Å²) in [6.45, 7) is 1.75. The molecular weight excluding hydrogens is 224 g/mol. The van der Waals surface area contributed by atoms with E-state index in [-0.39, 0.29) is 0 Å². The molecule has 100 valence electrons. The average Bonchev–Trinajstić information content (AvgIpc) is 2.59. The predicted octanol–water partition coefficient (Wildman–Crippen LogP) is 2.24. The van der Waals surface area contributed by atoms with Crippen molar-refractivity contribution in [2.45, 2.75) is 63.8 Å². The topological polar surface area (TPSA) is 56.7 Å². The molecule has 0 spiro atoms. The van der Waals surface area contributed by atoms with E-state index in [0.717, 1.165) is 24.6 Å². The number of hydrogen-bond donors (Lipinski definition) is 1. The van der Waals surface area contributed by atoms with Gasteiger partial charge in [-0.05, 0) is 31.7 Å². The van der Waals surface area contributed by atoms with E-state index in [2.05, 4.69) is 15.0 Å². The van der Waals surface area contributed by atoms with Crippen LogP contribution in [0.3, 0.4) is 0 Å². The predicted molar refractivity (Wildman–Crippen MR) is 71.3 cm³/mol. The molecule has 18 heavy (non-hydrogen) atoms. The Morgan fingerprint density at radius 2 is 1.94 bits per heavy atom. The zero-order chi connectivity index (χ0) is 12.4. The normalized spacial score (nSPS) is 20.7. The van der Waals surface area contributed by atoms with E-state index < -0.39 is 0 Å². The van der Waals surface area contributed by atoms with E-state index in [4.69, 9.17) is 5.73 Å². The Bertz CT molecular complexity index is 390. The van der Waals surface area contributed by atoms with Gasteiger partial charge in [0.1, 0.15) is 0 Å². The van der Waals surface area contributed by atoms with Crippen LogP contribution in [0.5, 0.6) is 0 Å². The van der Waals surface area contributed by atoms with Gasteiger partial charge < -0.3 is 5.73 Å². The molecule has 0 bridgehead atoms. The van der Waals surface area contributed by atoms with Crippen LogP contribution in [0, 0.1) is 5.92 Å². The van der Waals surface area contributed by atoms with Gasteiger partial charge in [-0.3, -0.25) is 0 Å².